The first kappa shape index (κ1) is 16.1. The molecule has 0 heterocycles. The summed E-state index contributed by atoms with van der Waals surface area (Å²) in [4.78, 5) is 0. The van der Waals surface area contributed by atoms with Crippen LogP contribution in [0.5, 0.6) is 0 Å². The molecule has 7 heteroatoms. The number of alkyl halides is 3. The number of nitrogens with one attached hydrogen (secondary N) is 1. The van der Waals surface area contributed by atoms with E-state index in [-0.39, 0.29) is 5.69 Å². The lowest BCUT2D eigenvalue weighted by atomic mass is 10.1. The Morgan fingerprint density at radius 1 is 0.864 bits per heavy atom. The predicted octanol–water partition coefficient (Wildman–Crippen LogP) is 4.12. The largest absolute Gasteiger partial charge is 0.516 e. The number of para-hydroxylation sites is 1. The lowest BCUT2D eigenvalue weighted by Crippen LogP contribution is -2.30. The number of halogens is 3. The fourth-order valence-electron chi connectivity index (χ4n) is 1.69. The van der Waals surface area contributed by atoms with E-state index in [0.717, 1.165) is 5.56 Å². The topological polar surface area (TPSA) is 46.2 Å². The van der Waals surface area contributed by atoms with Gasteiger partial charge in [0.05, 0.1) is 5.69 Å². The molecule has 0 aliphatic carbocycles. The monoisotopic (exact) mass is 327 g/mol. The van der Waals surface area contributed by atoms with Crippen LogP contribution in [0.3, 0.4) is 0 Å². The van der Waals surface area contributed by atoms with Crippen molar-refractivity contribution in [1.29, 1.82) is 0 Å². The van der Waals surface area contributed by atoms with Crippen molar-refractivity contribution in [3.63, 3.8) is 0 Å². The van der Waals surface area contributed by atoms with Crippen LogP contribution in [0.25, 0.3) is 12.2 Å². The Balaban J connectivity index is 2.30. The Hall–Kier alpha value is -2.28. The molecule has 2 aromatic carbocycles. The Kier molecular flexibility index (Phi) is 4.56. The molecule has 0 amide bonds. The van der Waals surface area contributed by atoms with E-state index in [4.69, 9.17) is 0 Å². The molecule has 3 nitrogen and oxygen atoms in total. The standard InChI is InChI=1S/C15H12F3NO2S/c16-15(17,18)22(20,21)19-14-9-5-4-8-13(14)11-10-12-6-2-1-3-7-12/h1-11,19H/b11-10+. The fourth-order valence-corrected chi connectivity index (χ4v) is 2.28. The van der Waals surface area contributed by atoms with Gasteiger partial charge in [0.1, 0.15) is 0 Å². The molecule has 0 aliphatic heterocycles. The van der Waals surface area contributed by atoms with Crippen LogP contribution >= 0.6 is 0 Å². The van der Waals surface area contributed by atoms with E-state index in [1.54, 1.807) is 22.9 Å². The summed E-state index contributed by atoms with van der Waals surface area (Å²) < 4.78 is 61.2. The number of anilines is 1. The zero-order chi connectivity index (χ0) is 16.2. The van der Waals surface area contributed by atoms with Gasteiger partial charge in [0.25, 0.3) is 0 Å². The minimum absolute atomic E-state index is 0.132. The van der Waals surface area contributed by atoms with Crippen LogP contribution in [-0.4, -0.2) is 13.9 Å². The molecule has 0 aromatic heterocycles. The summed E-state index contributed by atoms with van der Waals surface area (Å²) in [5, 5.41) is 0. The van der Waals surface area contributed by atoms with Crippen molar-refractivity contribution in [3.8, 4) is 0 Å². The van der Waals surface area contributed by atoms with E-state index in [0.29, 0.717) is 5.56 Å². The van der Waals surface area contributed by atoms with Gasteiger partial charge in [0, 0.05) is 0 Å². The van der Waals surface area contributed by atoms with Gasteiger partial charge in [-0.15, -0.1) is 0 Å². The third-order valence-corrected chi connectivity index (χ3v) is 3.86. The van der Waals surface area contributed by atoms with Crippen molar-refractivity contribution in [2.24, 2.45) is 0 Å². The molecule has 0 saturated heterocycles. The molecule has 0 bridgehead atoms. The van der Waals surface area contributed by atoms with Gasteiger partial charge in [-0.25, -0.2) is 0 Å². The normalized spacial score (nSPS) is 12.5. The minimum Gasteiger partial charge on any atom is -0.275 e. The Morgan fingerprint density at radius 3 is 2.09 bits per heavy atom. The first-order valence-corrected chi connectivity index (χ1v) is 7.69. The molecule has 0 unspecified atom stereocenters. The van der Waals surface area contributed by atoms with E-state index in [1.165, 1.54) is 18.2 Å². The Bertz CT molecular complexity index is 769. The van der Waals surface area contributed by atoms with Gasteiger partial charge in [-0.05, 0) is 17.2 Å². The van der Waals surface area contributed by atoms with Gasteiger partial charge >= 0.3 is 15.5 Å². The summed E-state index contributed by atoms with van der Waals surface area (Å²) >= 11 is 0. The highest BCUT2D eigenvalue weighted by molar-refractivity contribution is 7.93. The van der Waals surface area contributed by atoms with Gasteiger partial charge in [0.2, 0.25) is 0 Å². The molecule has 2 rings (SSSR count). The predicted molar refractivity (Wildman–Crippen MR) is 80.4 cm³/mol. The molecule has 0 saturated carbocycles. The quantitative estimate of drug-likeness (QED) is 0.859. The van der Waals surface area contributed by atoms with Crippen LogP contribution in [0.4, 0.5) is 18.9 Å². The molecule has 0 atom stereocenters. The van der Waals surface area contributed by atoms with E-state index in [1.807, 2.05) is 30.3 Å². The number of hydrogen-bond acceptors (Lipinski definition) is 2. The number of hydrogen-bond donors (Lipinski definition) is 1. The second kappa shape index (κ2) is 6.23. The Morgan fingerprint density at radius 2 is 1.45 bits per heavy atom. The van der Waals surface area contributed by atoms with Crippen molar-refractivity contribution in [2.45, 2.75) is 5.51 Å². The highest BCUT2D eigenvalue weighted by Gasteiger charge is 2.46. The summed E-state index contributed by atoms with van der Waals surface area (Å²) in [7, 11) is -5.44. The van der Waals surface area contributed by atoms with Gasteiger partial charge in [-0.1, -0.05) is 60.7 Å². The molecular weight excluding hydrogens is 315 g/mol. The van der Waals surface area contributed by atoms with Crippen LogP contribution in [0, 0.1) is 0 Å². The van der Waals surface area contributed by atoms with E-state index < -0.39 is 15.5 Å². The first-order valence-electron chi connectivity index (χ1n) is 6.21. The third kappa shape index (κ3) is 3.88. The van der Waals surface area contributed by atoms with Crippen molar-refractivity contribution >= 4 is 27.9 Å². The summed E-state index contributed by atoms with van der Waals surface area (Å²) in [6.07, 6.45) is 3.23. The number of rotatable bonds is 4. The molecule has 0 spiro atoms. The highest BCUT2D eigenvalue weighted by atomic mass is 32.2. The zero-order valence-electron chi connectivity index (χ0n) is 11.2. The molecular formula is C15H12F3NO2S. The van der Waals surface area contributed by atoms with Gasteiger partial charge < -0.3 is 0 Å². The average Bonchev–Trinajstić information content (AvgIpc) is 2.46. The lowest BCUT2D eigenvalue weighted by Gasteiger charge is -2.12. The molecule has 0 aliphatic rings. The van der Waals surface area contributed by atoms with Crippen molar-refractivity contribution < 1.29 is 21.6 Å². The minimum atomic E-state index is -5.44. The molecule has 22 heavy (non-hydrogen) atoms. The van der Waals surface area contributed by atoms with Crippen molar-refractivity contribution in [3.05, 3.63) is 65.7 Å². The second-order valence-corrected chi connectivity index (χ2v) is 6.06. The van der Waals surface area contributed by atoms with Crippen LogP contribution in [0.15, 0.2) is 54.6 Å². The zero-order valence-corrected chi connectivity index (χ0v) is 12.0. The van der Waals surface area contributed by atoms with Crippen molar-refractivity contribution in [2.75, 3.05) is 4.72 Å². The van der Waals surface area contributed by atoms with Crippen LogP contribution in [0.1, 0.15) is 11.1 Å². The smallest absolute Gasteiger partial charge is 0.275 e. The average molecular weight is 327 g/mol. The first-order chi connectivity index (χ1) is 10.3. The summed E-state index contributed by atoms with van der Waals surface area (Å²) in [5.41, 5.74) is -4.31. The van der Waals surface area contributed by atoms with Gasteiger partial charge in [-0.2, -0.15) is 21.6 Å². The maximum absolute atomic E-state index is 12.4. The van der Waals surface area contributed by atoms with E-state index in [9.17, 15) is 21.6 Å². The van der Waals surface area contributed by atoms with Crippen molar-refractivity contribution in [1.82, 2.24) is 0 Å². The van der Waals surface area contributed by atoms with Crippen LogP contribution in [-0.2, 0) is 10.0 Å². The van der Waals surface area contributed by atoms with E-state index in [2.05, 4.69) is 0 Å². The van der Waals surface area contributed by atoms with Crippen LogP contribution in [0.2, 0.25) is 0 Å². The molecule has 2 aromatic rings. The summed E-state index contributed by atoms with van der Waals surface area (Å²) in [5.74, 6) is 0. The third-order valence-electron chi connectivity index (χ3n) is 2.76. The lowest BCUT2D eigenvalue weighted by molar-refractivity contribution is -0.0429. The highest BCUT2D eigenvalue weighted by Crippen LogP contribution is 2.27. The maximum atomic E-state index is 12.4. The molecule has 0 radical (unpaired) electrons. The van der Waals surface area contributed by atoms with Crippen LogP contribution < -0.4 is 4.72 Å². The van der Waals surface area contributed by atoms with Gasteiger partial charge in [0.15, 0.2) is 0 Å². The van der Waals surface area contributed by atoms with Gasteiger partial charge in [-0.3, -0.25) is 4.72 Å². The fraction of sp³-hybridized carbons (Fsp3) is 0.0667. The maximum Gasteiger partial charge on any atom is 0.516 e. The Labute approximate surface area is 126 Å². The molecule has 0 fully saturated rings. The molecule has 116 valence electrons. The van der Waals surface area contributed by atoms with E-state index >= 15 is 0 Å². The number of benzene rings is 2. The second-order valence-electron chi connectivity index (χ2n) is 4.38. The summed E-state index contributed by atoms with van der Waals surface area (Å²) in [6, 6.07) is 15.0. The summed E-state index contributed by atoms with van der Waals surface area (Å²) in [6.45, 7) is 0. The number of sulfonamides is 1. The SMILES string of the molecule is O=S(=O)(Nc1ccccc1/C=C/c1ccccc1)C(F)(F)F. The molecule has 1 N–H and O–H groups in total.